The molecule has 7 nitrogen and oxygen atoms in total. The number of nitrogens with one attached hydrogen (secondary N) is 1. The van der Waals surface area contributed by atoms with Crippen LogP contribution in [0.4, 0.5) is 5.95 Å². The molecule has 0 amide bonds. The van der Waals surface area contributed by atoms with Crippen molar-refractivity contribution in [3.05, 3.63) is 17.5 Å². The van der Waals surface area contributed by atoms with Crippen LogP contribution < -0.4 is 11.1 Å². The van der Waals surface area contributed by atoms with Crippen molar-refractivity contribution in [3.8, 4) is 11.4 Å². The second kappa shape index (κ2) is 6.86. The SMILES string of the molecule is Cn1nnc(-c2nc(NC3CCC(N)CC3)ncc2C2CC2)c1CC1CC1. The molecule has 0 unspecified atom stereocenters. The summed E-state index contributed by atoms with van der Waals surface area (Å²) in [5.41, 5.74) is 10.4. The summed E-state index contributed by atoms with van der Waals surface area (Å²) in [6.45, 7) is 0. The predicted molar refractivity (Wildman–Crippen MR) is 104 cm³/mol. The van der Waals surface area contributed by atoms with Gasteiger partial charge in [0.15, 0.2) is 0 Å². The van der Waals surface area contributed by atoms with Crippen LogP contribution in [0.3, 0.4) is 0 Å². The zero-order chi connectivity index (χ0) is 18.4. The average molecular weight is 368 g/mol. The van der Waals surface area contributed by atoms with E-state index in [0.717, 1.165) is 55.4 Å². The first kappa shape index (κ1) is 17.1. The molecule has 2 aromatic heterocycles. The highest BCUT2D eigenvalue weighted by Gasteiger charge is 2.32. The first-order valence-corrected chi connectivity index (χ1v) is 10.5. The lowest BCUT2D eigenvalue weighted by Gasteiger charge is -2.27. The van der Waals surface area contributed by atoms with E-state index in [1.165, 1.54) is 36.9 Å². The minimum absolute atomic E-state index is 0.348. The average Bonchev–Trinajstić information content (AvgIpc) is 3.58. The first-order valence-electron chi connectivity index (χ1n) is 10.5. The molecule has 0 aliphatic heterocycles. The van der Waals surface area contributed by atoms with Crippen molar-refractivity contribution >= 4 is 5.95 Å². The van der Waals surface area contributed by atoms with Gasteiger partial charge in [-0.2, -0.15) is 0 Å². The van der Waals surface area contributed by atoms with E-state index in [9.17, 15) is 0 Å². The van der Waals surface area contributed by atoms with Crippen LogP contribution in [0.5, 0.6) is 0 Å². The quantitative estimate of drug-likeness (QED) is 0.815. The number of aromatic nitrogens is 5. The largest absolute Gasteiger partial charge is 0.351 e. The maximum Gasteiger partial charge on any atom is 0.223 e. The molecule has 3 aliphatic rings. The Morgan fingerprint density at radius 1 is 1.07 bits per heavy atom. The van der Waals surface area contributed by atoms with Crippen molar-refractivity contribution in [2.45, 2.75) is 75.8 Å². The molecule has 27 heavy (non-hydrogen) atoms. The van der Waals surface area contributed by atoms with E-state index >= 15 is 0 Å². The molecule has 2 heterocycles. The van der Waals surface area contributed by atoms with Gasteiger partial charge in [-0.05, 0) is 69.6 Å². The monoisotopic (exact) mass is 367 g/mol. The topological polar surface area (TPSA) is 94.5 Å². The Morgan fingerprint density at radius 3 is 2.56 bits per heavy atom. The molecular formula is C20H29N7. The van der Waals surface area contributed by atoms with Gasteiger partial charge in [0.2, 0.25) is 5.95 Å². The lowest BCUT2D eigenvalue weighted by molar-refractivity contribution is 0.410. The van der Waals surface area contributed by atoms with Gasteiger partial charge >= 0.3 is 0 Å². The second-order valence-corrected chi connectivity index (χ2v) is 8.68. The van der Waals surface area contributed by atoms with Gasteiger partial charge in [-0.3, -0.25) is 4.68 Å². The minimum atomic E-state index is 0.348. The molecule has 2 aromatic rings. The zero-order valence-corrected chi connectivity index (χ0v) is 16.1. The zero-order valence-electron chi connectivity index (χ0n) is 16.1. The molecular weight excluding hydrogens is 338 g/mol. The minimum Gasteiger partial charge on any atom is -0.351 e. The van der Waals surface area contributed by atoms with E-state index in [1.807, 2.05) is 17.9 Å². The molecule has 0 atom stereocenters. The highest BCUT2D eigenvalue weighted by atomic mass is 15.4. The molecule has 0 aromatic carbocycles. The van der Waals surface area contributed by atoms with Crippen LogP contribution in [0, 0.1) is 5.92 Å². The standard InChI is InChI=1S/C20H29N7/c1-27-17(10-12-2-3-12)19(25-26-27)18-16(13-4-5-13)11-22-20(24-18)23-15-8-6-14(21)7-9-15/h11-15H,2-10,21H2,1H3,(H,22,23,24). The lowest BCUT2D eigenvalue weighted by atomic mass is 9.92. The summed E-state index contributed by atoms with van der Waals surface area (Å²) in [6.07, 6.45) is 12.5. The molecule has 3 N–H and O–H groups in total. The number of anilines is 1. The summed E-state index contributed by atoms with van der Waals surface area (Å²) in [5.74, 6) is 2.09. The van der Waals surface area contributed by atoms with E-state index in [0.29, 0.717) is 18.0 Å². The number of hydrogen-bond donors (Lipinski definition) is 2. The third-order valence-electron chi connectivity index (χ3n) is 6.29. The number of nitrogens with two attached hydrogens (primary N) is 1. The Hall–Kier alpha value is -2.02. The molecule has 3 aliphatic carbocycles. The second-order valence-electron chi connectivity index (χ2n) is 8.68. The molecule has 3 saturated carbocycles. The van der Waals surface area contributed by atoms with Crippen LogP contribution in [-0.4, -0.2) is 37.0 Å². The number of rotatable bonds is 6. The lowest BCUT2D eigenvalue weighted by Crippen LogP contribution is -2.33. The predicted octanol–water partition coefficient (Wildman–Crippen LogP) is 2.78. The summed E-state index contributed by atoms with van der Waals surface area (Å²) in [5, 5.41) is 12.4. The van der Waals surface area contributed by atoms with Crippen LogP contribution >= 0.6 is 0 Å². The smallest absolute Gasteiger partial charge is 0.223 e. The van der Waals surface area contributed by atoms with Crippen molar-refractivity contribution in [1.29, 1.82) is 0 Å². The molecule has 0 bridgehead atoms. The summed E-state index contributed by atoms with van der Waals surface area (Å²) >= 11 is 0. The van der Waals surface area contributed by atoms with Gasteiger partial charge in [-0.25, -0.2) is 9.97 Å². The van der Waals surface area contributed by atoms with Gasteiger partial charge in [0, 0.05) is 30.9 Å². The van der Waals surface area contributed by atoms with E-state index in [1.54, 1.807) is 0 Å². The maximum atomic E-state index is 6.04. The fraction of sp³-hybridized carbons (Fsp3) is 0.700. The van der Waals surface area contributed by atoms with Crippen molar-refractivity contribution in [2.75, 3.05) is 5.32 Å². The highest BCUT2D eigenvalue weighted by Crippen LogP contribution is 2.44. The number of aryl methyl sites for hydroxylation is 1. The third kappa shape index (κ3) is 3.70. The molecule has 5 rings (SSSR count). The van der Waals surface area contributed by atoms with E-state index in [2.05, 4.69) is 20.6 Å². The van der Waals surface area contributed by atoms with Crippen molar-refractivity contribution in [2.24, 2.45) is 18.7 Å². The van der Waals surface area contributed by atoms with Gasteiger partial charge in [0.05, 0.1) is 5.69 Å². The Kier molecular flexibility index (Phi) is 4.34. The molecule has 0 spiro atoms. The Bertz CT molecular complexity index is 814. The first-order chi connectivity index (χ1) is 13.2. The Morgan fingerprint density at radius 2 is 1.85 bits per heavy atom. The van der Waals surface area contributed by atoms with Crippen molar-refractivity contribution < 1.29 is 0 Å². The van der Waals surface area contributed by atoms with Gasteiger partial charge < -0.3 is 11.1 Å². The van der Waals surface area contributed by atoms with Crippen LogP contribution in [-0.2, 0) is 13.5 Å². The van der Waals surface area contributed by atoms with E-state index < -0.39 is 0 Å². The summed E-state index contributed by atoms with van der Waals surface area (Å²) in [7, 11) is 2.00. The normalized spacial score (nSPS) is 25.6. The highest BCUT2D eigenvalue weighted by molar-refractivity contribution is 5.64. The fourth-order valence-corrected chi connectivity index (χ4v) is 4.17. The Labute approximate surface area is 160 Å². The van der Waals surface area contributed by atoms with Gasteiger partial charge in [0.1, 0.15) is 11.4 Å². The molecule has 3 fully saturated rings. The van der Waals surface area contributed by atoms with Gasteiger partial charge in [0.25, 0.3) is 0 Å². The summed E-state index contributed by atoms with van der Waals surface area (Å²) in [6, 6.07) is 0.763. The van der Waals surface area contributed by atoms with E-state index in [-0.39, 0.29) is 0 Å². The number of hydrogen-bond acceptors (Lipinski definition) is 6. The fourth-order valence-electron chi connectivity index (χ4n) is 4.17. The van der Waals surface area contributed by atoms with Crippen LogP contribution in [0.2, 0.25) is 0 Å². The van der Waals surface area contributed by atoms with Crippen LogP contribution in [0.15, 0.2) is 6.20 Å². The summed E-state index contributed by atoms with van der Waals surface area (Å²) in [4.78, 5) is 9.59. The van der Waals surface area contributed by atoms with Crippen molar-refractivity contribution in [1.82, 2.24) is 25.0 Å². The maximum absolute atomic E-state index is 6.04. The Balaban J connectivity index is 1.45. The van der Waals surface area contributed by atoms with Crippen LogP contribution in [0.25, 0.3) is 11.4 Å². The molecule has 7 heteroatoms. The third-order valence-corrected chi connectivity index (χ3v) is 6.29. The van der Waals surface area contributed by atoms with Gasteiger partial charge in [-0.15, -0.1) is 5.10 Å². The number of nitrogens with zero attached hydrogens (tertiary/aromatic N) is 5. The van der Waals surface area contributed by atoms with Crippen LogP contribution in [0.1, 0.15) is 68.5 Å². The summed E-state index contributed by atoms with van der Waals surface area (Å²) < 4.78 is 1.93. The molecule has 144 valence electrons. The van der Waals surface area contributed by atoms with Crippen molar-refractivity contribution in [3.63, 3.8) is 0 Å². The molecule has 0 radical (unpaired) electrons. The van der Waals surface area contributed by atoms with Gasteiger partial charge in [-0.1, -0.05) is 5.21 Å². The van der Waals surface area contributed by atoms with E-state index in [4.69, 9.17) is 10.7 Å². The molecule has 0 saturated heterocycles.